The maximum atomic E-state index is 12.2. The van der Waals surface area contributed by atoms with Crippen LogP contribution in [0.1, 0.15) is 30.5 Å². The third kappa shape index (κ3) is 5.39. The Morgan fingerprint density at radius 1 is 1.03 bits per heavy atom. The highest BCUT2D eigenvalue weighted by Crippen LogP contribution is 2.24. The fraction of sp³-hybridized carbons (Fsp3) is 0.333. The molecule has 4 rings (SSSR count). The number of anilines is 2. The minimum atomic E-state index is -0.185. The molecule has 2 amide bonds. The smallest absolute Gasteiger partial charge is 0.319 e. The summed E-state index contributed by atoms with van der Waals surface area (Å²) in [6.07, 6.45) is 4.55. The second-order valence-corrected chi connectivity index (χ2v) is 8.59. The van der Waals surface area contributed by atoms with E-state index in [1.807, 2.05) is 12.1 Å². The maximum Gasteiger partial charge on any atom is 0.319 e. The predicted molar refractivity (Wildman–Crippen MR) is 126 cm³/mol. The summed E-state index contributed by atoms with van der Waals surface area (Å²) in [5, 5.41) is 8.91. The van der Waals surface area contributed by atoms with E-state index in [1.165, 1.54) is 30.5 Å². The number of urea groups is 1. The molecular formula is C24H28N4OS. The van der Waals surface area contributed by atoms with Gasteiger partial charge >= 0.3 is 6.03 Å². The number of benzene rings is 2. The van der Waals surface area contributed by atoms with Crippen LogP contribution in [0.25, 0.3) is 10.6 Å². The van der Waals surface area contributed by atoms with E-state index in [9.17, 15) is 4.79 Å². The van der Waals surface area contributed by atoms with Crippen LogP contribution in [0, 0.1) is 6.92 Å². The van der Waals surface area contributed by atoms with Crippen molar-refractivity contribution in [3.63, 3.8) is 0 Å². The van der Waals surface area contributed by atoms with Crippen molar-refractivity contribution in [2.24, 2.45) is 0 Å². The molecule has 0 aliphatic carbocycles. The van der Waals surface area contributed by atoms with Gasteiger partial charge in [0.15, 0.2) is 0 Å². The van der Waals surface area contributed by atoms with E-state index in [0.717, 1.165) is 35.0 Å². The molecule has 1 aliphatic heterocycles. The summed E-state index contributed by atoms with van der Waals surface area (Å²) in [5.74, 6) is 0. The molecule has 1 aliphatic rings. The first-order valence-corrected chi connectivity index (χ1v) is 11.5. The quantitative estimate of drug-likeness (QED) is 0.556. The molecule has 0 atom stereocenters. The van der Waals surface area contributed by atoms with Gasteiger partial charge in [-0.05, 0) is 50.5 Å². The van der Waals surface area contributed by atoms with Gasteiger partial charge in [0.25, 0.3) is 0 Å². The second kappa shape index (κ2) is 9.76. The number of nitrogens with zero attached hydrogens (tertiary/aromatic N) is 2. The van der Waals surface area contributed by atoms with E-state index < -0.39 is 0 Å². The average molecular weight is 421 g/mol. The van der Waals surface area contributed by atoms with Crippen molar-refractivity contribution in [2.75, 3.05) is 29.9 Å². The molecule has 2 N–H and O–H groups in total. The lowest BCUT2D eigenvalue weighted by Crippen LogP contribution is -2.31. The van der Waals surface area contributed by atoms with Crippen LogP contribution in [0.15, 0.2) is 53.9 Å². The number of hydrogen-bond donors (Lipinski definition) is 2. The fourth-order valence-corrected chi connectivity index (χ4v) is 4.50. The lowest BCUT2D eigenvalue weighted by atomic mass is 10.1. The van der Waals surface area contributed by atoms with Crippen LogP contribution < -0.4 is 15.5 Å². The number of carbonyl (C=O) groups excluding carboxylic acids is 1. The third-order valence-corrected chi connectivity index (χ3v) is 6.30. The lowest BCUT2D eigenvalue weighted by molar-refractivity contribution is 0.252. The Morgan fingerprint density at radius 2 is 1.77 bits per heavy atom. The summed E-state index contributed by atoms with van der Waals surface area (Å²) in [6.45, 7) is 4.87. The summed E-state index contributed by atoms with van der Waals surface area (Å²) in [6, 6.07) is 16.3. The fourth-order valence-electron chi connectivity index (χ4n) is 3.64. The molecule has 3 aromatic rings. The van der Waals surface area contributed by atoms with Gasteiger partial charge in [0, 0.05) is 48.4 Å². The van der Waals surface area contributed by atoms with Crippen LogP contribution in [0.2, 0.25) is 0 Å². The first-order chi connectivity index (χ1) is 14.7. The van der Waals surface area contributed by atoms with Crippen molar-refractivity contribution in [3.05, 3.63) is 65.2 Å². The molecule has 6 heteroatoms. The van der Waals surface area contributed by atoms with Crippen LogP contribution in [-0.2, 0) is 6.42 Å². The minimum absolute atomic E-state index is 0.185. The third-order valence-electron chi connectivity index (χ3n) is 5.36. The van der Waals surface area contributed by atoms with E-state index in [1.54, 1.807) is 11.3 Å². The highest BCUT2D eigenvalue weighted by molar-refractivity contribution is 7.13. The molecule has 0 spiro atoms. The molecule has 0 saturated carbocycles. The topological polar surface area (TPSA) is 57.3 Å². The number of aryl methyl sites for hydroxylation is 1. The number of hydrogen-bond acceptors (Lipinski definition) is 4. The molecule has 1 saturated heterocycles. The first-order valence-electron chi connectivity index (χ1n) is 10.6. The van der Waals surface area contributed by atoms with Crippen LogP contribution in [0.4, 0.5) is 16.2 Å². The van der Waals surface area contributed by atoms with Crippen molar-refractivity contribution in [1.82, 2.24) is 10.3 Å². The van der Waals surface area contributed by atoms with Crippen LogP contribution >= 0.6 is 11.3 Å². The van der Waals surface area contributed by atoms with Gasteiger partial charge in [-0.25, -0.2) is 9.78 Å². The molecule has 2 aromatic carbocycles. The molecular weight excluding hydrogens is 392 g/mol. The number of amides is 2. The van der Waals surface area contributed by atoms with E-state index in [0.29, 0.717) is 13.0 Å². The van der Waals surface area contributed by atoms with Crippen molar-refractivity contribution < 1.29 is 4.79 Å². The number of rotatable bonds is 6. The Kier molecular flexibility index (Phi) is 6.64. The largest absolute Gasteiger partial charge is 0.372 e. The van der Waals surface area contributed by atoms with Crippen molar-refractivity contribution >= 4 is 28.7 Å². The summed E-state index contributed by atoms with van der Waals surface area (Å²) >= 11 is 1.64. The Hall–Kier alpha value is -2.86. The summed E-state index contributed by atoms with van der Waals surface area (Å²) in [4.78, 5) is 19.3. The summed E-state index contributed by atoms with van der Waals surface area (Å²) < 4.78 is 0. The summed E-state index contributed by atoms with van der Waals surface area (Å²) in [7, 11) is 0. The second-order valence-electron chi connectivity index (χ2n) is 7.74. The molecule has 156 valence electrons. The molecule has 0 bridgehead atoms. The first kappa shape index (κ1) is 20.4. The molecule has 2 heterocycles. The maximum absolute atomic E-state index is 12.2. The Morgan fingerprint density at radius 3 is 2.50 bits per heavy atom. The molecule has 1 aromatic heterocycles. The van der Waals surface area contributed by atoms with Crippen LogP contribution in [0.3, 0.4) is 0 Å². The van der Waals surface area contributed by atoms with E-state index in [-0.39, 0.29) is 6.03 Å². The standard InChI is InChI=1S/C24H28N4OS/c1-18-5-7-19(8-6-18)23-26-21(17-30-23)13-14-25-24(29)27-20-9-11-22(12-10-20)28-15-3-2-4-16-28/h5-12,17H,2-4,13-16H2,1H3,(H2,25,27,29). The zero-order chi connectivity index (χ0) is 20.8. The zero-order valence-corrected chi connectivity index (χ0v) is 18.2. The summed E-state index contributed by atoms with van der Waals surface area (Å²) in [5.41, 5.74) is 5.42. The molecule has 30 heavy (non-hydrogen) atoms. The van der Waals surface area contributed by atoms with Crippen molar-refractivity contribution in [1.29, 1.82) is 0 Å². The number of carbonyl (C=O) groups is 1. The van der Waals surface area contributed by atoms with Crippen LogP contribution in [0.5, 0.6) is 0 Å². The normalized spacial score (nSPS) is 13.8. The minimum Gasteiger partial charge on any atom is -0.372 e. The Labute approximate surface area is 182 Å². The van der Waals surface area contributed by atoms with Gasteiger partial charge < -0.3 is 15.5 Å². The number of aromatic nitrogens is 1. The molecule has 5 nitrogen and oxygen atoms in total. The Balaban J connectivity index is 1.23. The van der Waals surface area contributed by atoms with E-state index >= 15 is 0 Å². The lowest BCUT2D eigenvalue weighted by Gasteiger charge is -2.28. The van der Waals surface area contributed by atoms with Gasteiger partial charge in [0.2, 0.25) is 0 Å². The predicted octanol–water partition coefficient (Wildman–Crippen LogP) is 5.47. The van der Waals surface area contributed by atoms with Gasteiger partial charge in [0.1, 0.15) is 5.01 Å². The molecule has 0 radical (unpaired) electrons. The van der Waals surface area contributed by atoms with Gasteiger partial charge in [-0.15, -0.1) is 11.3 Å². The van der Waals surface area contributed by atoms with Gasteiger partial charge in [-0.3, -0.25) is 0 Å². The molecule has 0 unspecified atom stereocenters. The van der Waals surface area contributed by atoms with Crippen molar-refractivity contribution in [3.8, 4) is 10.6 Å². The van der Waals surface area contributed by atoms with Crippen molar-refractivity contribution in [2.45, 2.75) is 32.6 Å². The van der Waals surface area contributed by atoms with Gasteiger partial charge in [0.05, 0.1) is 5.69 Å². The monoisotopic (exact) mass is 420 g/mol. The SMILES string of the molecule is Cc1ccc(-c2nc(CCNC(=O)Nc3ccc(N4CCCCC4)cc3)cs2)cc1. The zero-order valence-electron chi connectivity index (χ0n) is 17.4. The van der Waals surface area contributed by atoms with Gasteiger partial charge in [-0.2, -0.15) is 0 Å². The Bertz CT molecular complexity index is 960. The highest BCUT2D eigenvalue weighted by Gasteiger charge is 2.11. The van der Waals surface area contributed by atoms with Crippen LogP contribution in [-0.4, -0.2) is 30.6 Å². The van der Waals surface area contributed by atoms with E-state index in [2.05, 4.69) is 69.2 Å². The highest BCUT2D eigenvalue weighted by atomic mass is 32.1. The number of nitrogens with one attached hydrogen (secondary N) is 2. The average Bonchev–Trinajstić information content (AvgIpc) is 3.24. The van der Waals surface area contributed by atoms with E-state index in [4.69, 9.17) is 0 Å². The number of thiazole rings is 1. The number of piperidine rings is 1. The molecule has 1 fully saturated rings. The van der Waals surface area contributed by atoms with Gasteiger partial charge in [-0.1, -0.05) is 29.8 Å².